The summed E-state index contributed by atoms with van der Waals surface area (Å²) in [6, 6.07) is 21.1. The van der Waals surface area contributed by atoms with Crippen LogP contribution in [0.2, 0.25) is 0 Å². The Morgan fingerprint density at radius 2 is 1.71 bits per heavy atom. The van der Waals surface area contributed by atoms with E-state index in [1.165, 1.54) is 10.4 Å². The van der Waals surface area contributed by atoms with E-state index in [1.807, 2.05) is 24.5 Å². The molecule has 0 unspecified atom stereocenters. The van der Waals surface area contributed by atoms with Crippen molar-refractivity contribution in [3.05, 3.63) is 78.9 Å². The Balaban J connectivity index is 1.49. The van der Waals surface area contributed by atoms with Gasteiger partial charge in [-0.2, -0.15) is 0 Å². The lowest BCUT2D eigenvalue weighted by molar-refractivity contribution is -0.0234. The number of ether oxygens (including phenoxy) is 1. The van der Waals surface area contributed by atoms with Crippen molar-refractivity contribution in [1.82, 2.24) is 9.55 Å². The minimum absolute atomic E-state index is 0.0779. The fraction of sp³-hybridized carbons (Fsp3) is 0.211. The Labute approximate surface area is 143 Å². The van der Waals surface area contributed by atoms with Crippen LogP contribution in [0.15, 0.2) is 73.1 Å². The predicted molar refractivity (Wildman–Crippen MR) is 96.1 cm³/mol. The molecule has 0 spiro atoms. The Morgan fingerprint density at radius 1 is 1.04 bits per heavy atom. The molecule has 2 aromatic carbocycles. The first-order valence-corrected chi connectivity index (χ1v) is 9.86. The second kappa shape index (κ2) is 7.13. The lowest BCUT2D eigenvalue weighted by atomic mass is 10.3. The SMILES string of the molecule is c1ccc([SiH](OC[C@H]2Cn3ccnc3CO2)c2ccccc2)cc1. The van der Waals surface area contributed by atoms with Gasteiger partial charge in [0, 0.05) is 12.4 Å². The summed E-state index contributed by atoms with van der Waals surface area (Å²) in [5.41, 5.74) is 0. The molecule has 122 valence electrons. The highest BCUT2D eigenvalue weighted by molar-refractivity contribution is 6.80. The third-order valence-corrected chi connectivity index (χ3v) is 6.81. The van der Waals surface area contributed by atoms with Crippen LogP contribution in [0.5, 0.6) is 0 Å². The van der Waals surface area contributed by atoms with Crippen molar-refractivity contribution >= 4 is 19.4 Å². The second-order valence-electron chi connectivity index (χ2n) is 5.96. The minimum Gasteiger partial charge on any atom is -0.408 e. The summed E-state index contributed by atoms with van der Waals surface area (Å²) < 4.78 is 14.5. The Hall–Kier alpha value is -2.21. The maximum Gasteiger partial charge on any atom is 0.239 e. The highest BCUT2D eigenvalue weighted by atomic mass is 28.3. The lowest BCUT2D eigenvalue weighted by Crippen LogP contribution is -2.47. The van der Waals surface area contributed by atoms with E-state index in [-0.39, 0.29) is 6.10 Å². The molecule has 24 heavy (non-hydrogen) atoms. The van der Waals surface area contributed by atoms with Gasteiger partial charge in [0.1, 0.15) is 12.4 Å². The van der Waals surface area contributed by atoms with E-state index in [2.05, 4.69) is 58.1 Å². The lowest BCUT2D eigenvalue weighted by Gasteiger charge is -2.26. The maximum atomic E-state index is 6.43. The highest BCUT2D eigenvalue weighted by Crippen LogP contribution is 2.12. The molecule has 4 nitrogen and oxygen atoms in total. The maximum absolute atomic E-state index is 6.43. The number of hydrogen-bond donors (Lipinski definition) is 0. The summed E-state index contributed by atoms with van der Waals surface area (Å²) in [4.78, 5) is 4.29. The van der Waals surface area contributed by atoms with Gasteiger partial charge in [-0.25, -0.2) is 4.98 Å². The average Bonchev–Trinajstić information content (AvgIpc) is 3.11. The molecule has 0 saturated heterocycles. The van der Waals surface area contributed by atoms with Gasteiger partial charge < -0.3 is 13.7 Å². The molecule has 1 aliphatic rings. The van der Waals surface area contributed by atoms with Gasteiger partial charge in [-0.3, -0.25) is 0 Å². The van der Waals surface area contributed by atoms with Crippen LogP contribution in [0.4, 0.5) is 0 Å². The smallest absolute Gasteiger partial charge is 0.239 e. The van der Waals surface area contributed by atoms with Crippen molar-refractivity contribution in [2.24, 2.45) is 0 Å². The molecule has 0 amide bonds. The van der Waals surface area contributed by atoms with Crippen LogP contribution in [0.1, 0.15) is 5.82 Å². The molecule has 0 N–H and O–H groups in total. The van der Waals surface area contributed by atoms with Crippen LogP contribution in [-0.4, -0.2) is 31.3 Å². The van der Waals surface area contributed by atoms with Crippen LogP contribution in [0, 0.1) is 0 Å². The molecule has 0 fully saturated rings. The summed E-state index contributed by atoms with van der Waals surface area (Å²) in [7, 11) is -1.70. The molecule has 0 radical (unpaired) electrons. The monoisotopic (exact) mass is 336 g/mol. The molecule has 4 rings (SSSR count). The summed E-state index contributed by atoms with van der Waals surface area (Å²) in [6.07, 6.45) is 3.91. The van der Waals surface area contributed by atoms with E-state index in [0.717, 1.165) is 12.4 Å². The summed E-state index contributed by atoms with van der Waals surface area (Å²) in [6.45, 7) is 1.97. The summed E-state index contributed by atoms with van der Waals surface area (Å²) >= 11 is 0. The quantitative estimate of drug-likeness (QED) is 0.660. The third-order valence-electron chi connectivity index (χ3n) is 4.30. The number of benzene rings is 2. The normalized spacial score (nSPS) is 17.0. The number of nitrogens with zero attached hydrogens (tertiary/aromatic N) is 2. The van der Waals surface area contributed by atoms with Gasteiger partial charge in [-0.15, -0.1) is 0 Å². The van der Waals surface area contributed by atoms with Crippen LogP contribution >= 0.6 is 0 Å². The van der Waals surface area contributed by atoms with Gasteiger partial charge in [0.05, 0.1) is 19.3 Å². The molecule has 0 saturated carbocycles. The van der Waals surface area contributed by atoms with Crippen LogP contribution in [-0.2, 0) is 22.3 Å². The van der Waals surface area contributed by atoms with Gasteiger partial charge in [-0.1, -0.05) is 60.7 Å². The second-order valence-corrected chi connectivity index (χ2v) is 8.39. The van der Waals surface area contributed by atoms with Gasteiger partial charge in [0.25, 0.3) is 0 Å². The Morgan fingerprint density at radius 3 is 2.38 bits per heavy atom. The van der Waals surface area contributed by atoms with Crippen LogP contribution in [0.25, 0.3) is 0 Å². The van der Waals surface area contributed by atoms with Gasteiger partial charge in [-0.05, 0) is 10.4 Å². The first kappa shape index (κ1) is 15.3. The largest absolute Gasteiger partial charge is 0.408 e. The zero-order valence-corrected chi connectivity index (χ0v) is 14.6. The number of fused-ring (bicyclic) bond motifs is 1. The zero-order chi connectivity index (χ0) is 16.2. The fourth-order valence-electron chi connectivity index (χ4n) is 3.06. The number of imidazole rings is 1. The van der Waals surface area contributed by atoms with Crippen molar-refractivity contribution in [1.29, 1.82) is 0 Å². The topological polar surface area (TPSA) is 36.3 Å². The van der Waals surface area contributed by atoms with Crippen molar-refractivity contribution in [3.8, 4) is 0 Å². The molecule has 1 aromatic heterocycles. The average molecular weight is 336 g/mol. The summed E-state index contributed by atoms with van der Waals surface area (Å²) in [5.74, 6) is 0.992. The number of aromatic nitrogens is 2. The van der Waals surface area contributed by atoms with Crippen LogP contribution in [0.3, 0.4) is 0 Å². The van der Waals surface area contributed by atoms with E-state index >= 15 is 0 Å². The highest BCUT2D eigenvalue weighted by Gasteiger charge is 2.23. The van der Waals surface area contributed by atoms with Crippen molar-refractivity contribution in [2.75, 3.05) is 6.61 Å². The first-order chi connectivity index (χ1) is 11.9. The van der Waals surface area contributed by atoms with Crippen LogP contribution < -0.4 is 10.4 Å². The number of hydrogen-bond acceptors (Lipinski definition) is 3. The van der Waals surface area contributed by atoms with Crippen molar-refractivity contribution in [2.45, 2.75) is 19.3 Å². The summed E-state index contributed by atoms with van der Waals surface area (Å²) in [5, 5.41) is 2.59. The molecule has 5 heteroatoms. The molecule has 1 aliphatic heterocycles. The van der Waals surface area contributed by atoms with E-state index in [1.54, 1.807) is 0 Å². The Kier molecular flexibility index (Phi) is 4.55. The molecule has 0 aliphatic carbocycles. The fourth-order valence-corrected chi connectivity index (χ4v) is 5.38. The van der Waals surface area contributed by atoms with E-state index in [9.17, 15) is 0 Å². The molecular weight excluding hydrogens is 316 g/mol. The minimum atomic E-state index is -1.70. The van der Waals surface area contributed by atoms with E-state index in [0.29, 0.717) is 13.2 Å². The molecule has 2 heterocycles. The third kappa shape index (κ3) is 3.33. The van der Waals surface area contributed by atoms with E-state index < -0.39 is 9.04 Å². The van der Waals surface area contributed by atoms with Crippen molar-refractivity contribution < 1.29 is 9.16 Å². The Bertz CT molecular complexity index is 737. The van der Waals surface area contributed by atoms with Crippen molar-refractivity contribution in [3.63, 3.8) is 0 Å². The van der Waals surface area contributed by atoms with Gasteiger partial charge in [0.2, 0.25) is 9.04 Å². The molecule has 0 bridgehead atoms. The molecular formula is C19H20N2O2Si. The number of rotatable bonds is 5. The zero-order valence-electron chi connectivity index (χ0n) is 13.4. The molecule has 1 atom stereocenters. The predicted octanol–water partition coefficient (Wildman–Crippen LogP) is 1.34. The standard InChI is InChI=1S/C19H20N2O2Si/c1-3-7-17(8-4-1)24(18-9-5-2-6-10-18)23-14-16-13-21-12-11-20-19(21)15-22-16/h1-12,16,24H,13-15H2/t16-/m1/s1. The van der Waals surface area contributed by atoms with Gasteiger partial charge >= 0.3 is 0 Å². The molecule has 3 aromatic rings. The first-order valence-electron chi connectivity index (χ1n) is 8.23. The van der Waals surface area contributed by atoms with Gasteiger partial charge in [0.15, 0.2) is 0 Å². The van der Waals surface area contributed by atoms with E-state index in [4.69, 9.17) is 9.16 Å².